The van der Waals surface area contributed by atoms with Crippen molar-refractivity contribution in [3.05, 3.63) is 40.2 Å². The summed E-state index contributed by atoms with van der Waals surface area (Å²) in [6, 6.07) is 9.70. The number of halogens is 1. The summed E-state index contributed by atoms with van der Waals surface area (Å²) in [5, 5.41) is 3.19. The maximum Gasteiger partial charge on any atom is 0.145 e. The molecule has 2 aromatic rings. The SMILES string of the molecule is NNc1cc(Nc2ccccc2I)ncn1. The molecule has 0 bridgehead atoms. The molecular formula is C10H10IN5. The quantitative estimate of drug-likeness (QED) is 0.457. The zero-order valence-corrected chi connectivity index (χ0v) is 10.5. The van der Waals surface area contributed by atoms with E-state index in [0.717, 1.165) is 9.26 Å². The third-order valence-electron chi connectivity index (χ3n) is 1.95. The lowest BCUT2D eigenvalue weighted by Gasteiger charge is -2.08. The second kappa shape index (κ2) is 5.08. The minimum atomic E-state index is 0.573. The molecule has 1 aromatic heterocycles. The van der Waals surface area contributed by atoms with Crippen LogP contribution in [0.5, 0.6) is 0 Å². The normalized spacial score (nSPS) is 9.88. The first-order chi connectivity index (χ1) is 7.79. The minimum Gasteiger partial charge on any atom is -0.339 e. The van der Waals surface area contributed by atoms with E-state index in [-0.39, 0.29) is 0 Å². The highest BCUT2D eigenvalue weighted by atomic mass is 127. The highest BCUT2D eigenvalue weighted by Crippen LogP contribution is 2.21. The van der Waals surface area contributed by atoms with Crippen LogP contribution in [0.15, 0.2) is 36.7 Å². The molecule has 0 aliphatic carbocycles. The van der Waals surface area contributed by atoms with E-state index in [2.05, 4.69) is 43.3 Å². The Morgan fingerprint density at radius 1 is 1.12 bits per heavy atom. The smallest absolute Gasteiger partial charge is 0.145 e. The predicted molar refractivity (Wildman–Crippen MR) is 72.3 cm³/mol. The molecule has 0 aliphatic heterocycles. The minimum absolute atomic E-state index is 0.573. The standard InChI is InChI=1S/C10H10IN5/c11-7-3-1-2-4-8(7)15-9-5-10(16-12)14-6-13-9/h1-6H,12H2,(H2,13,14,15,16). The summed E-state index contributed by atoms with van der Waals surface area (Å²) < 4.78 is 1.13. The summed E-state index contributed by atoms with van der Waals surface area (Å²) >= 11 is 2.26. The maximum atomic E-state index is 5.27. The molecule has 6 heteroatoms. The van der Waals surface area contributed by atoms with Gasteiger partial charge in [0, 0.05) is 9.64 Å². The Bertz CT molecular complexity index is 488. The molecule has 16 heavy (non-hydrogen) atoms. The number of anilines is 3. The number of nitrogen functional groups attached to an aromatic ring is 1. The number of nitrogens with two attached hydrogens (primary N) is 1. The summed E-state index contributed by atoms with van der Waals surface area (Å²) in [6.45, 7) is 0. The molecular weight excluding hydrogens is 317 g/mol. The summed E-state index contributed by atoms with van der Waals surface area (Å²) in [7, 11) is 0. The number of hydrazine groups is 1. The lowest BCUT2D eigenvalue weighted by Crippen LogP contribution is -2.09. The second-order valence-corrected chi connectivity index (χ2v) is 4.20. The Labute approximate surface area is 107 Å². The van der Waals surface area contributed by atoms with Gasteiger partial charge in [-0.3, -0.25) is 0 Å². The van der Waals surface area contributed by atoms with Crippen LogP contribution in [0.25, 0.3) is 0 Å². The summed E-state index contributed by atoms with van der Waals surface area (Å²) in [5.74, 6) is 6.55. The van der Waals surface area contributed by atoms with E-state index in [1.807, 2.05) is 24.3 Å². The molecule has 0 fully saturated rings. The van der Waals surface area contributed by atoms with Crippen molar-refractivity contribution in [3.63, 3.8) is 0 Å². The van der Waals surface area contributed by atoms with Gasteiger partial charge in [-0.1, -0.05) is 12.1 Å². The fourth-order valence-electron chi connectivity index (χ4n) is 1.21. The van der Waals surface area contributed by atoms with Crippen molar-refractivity contribution in [1.29, 1.82) is 0 Å². The average Bonchev–Trinajstić information content (AvgIpc) is 2.32. The number of nitrogens with zero attached hydrogens (tertiary/aromatic N) is 2. The van der Waals surface area contributed by atoms with Crippen LogP contribution in [0.1, 0.15) is 0 Å². The van der Waals surface area contributed by atoms with Crippen LogP contribution in [0.2, 0.25) is 0 Å². The lowest BCUT2D eigenvalue weighted by atomic mass is 10.3. The highest BCUT2D eigenvalue weighted by Gasteiger charge is 2.00. The number of para-hydroxylation sites is 1. The van der Waals surface area contributed by atoms with Gasteiger partial charge in [0.1, 0.15) is 18.0 Å². The molecule has 0 amide bonds. The number of benzene rings is 1. The van der Waals surface area contributed by atoms with E-state index in [4.69, 9.17) is 5.84 Å². The van der Waals surface area contributed by atoms with Crippen LogP contribution >= 0.6 is 22.6 Å². The van der Waals surface area contributed by atoms with Crippen molar-refractivity contribution in [2.45, 2.75) is 0 Å². The molecule has 5 nitrogen and oxygen atoms in total. The lowest BCUT2D eigenvalue weighted by molar-refractivity contribution is 1.14. The molecule has 82 valence electrons. The van der Waals surface area contributed by atoms with Gasteiger partial charge in [0.2, 0.25) is 0 Å². The first-order valence-electron chi connectivity index (χ1n) is 4.60. The van der Waals surface area contributed by atoms with E-state index in [1.54, 1.807) is 6.07 Å². The Kier molecular flexibility index (Phi) is 3.52. The summed E-state index contributed by atoms with van der Waals surface area (Å²) in [6.07, 6.45) is 1.45. The molecule has 1 heterocycles. The van der Waals surface area contributed by atoms with Crippen LogP contribution in [0, 0.1) is 3.57 Å². The van der Waals surface area contributed by atoms with Crippen LogP contribution < -0.4 is 16.6 Å². The third kappa shape index (κ3) is 2.58. The van der Waals surface area contributed by atoms with Gasteiger partial charge < -0.3 is 10.7 Å². The fourth-order valence-corrected chi connectivity index (χ4v) is 1.73. The highest BCUT2D eigenvalue weighted by molar-refractivity contribution is 14.1. The molecule has 0 unspecified atom stereocenters. The van der Waals surface area contributed by atoms with Gasteiger partial charge in [0.25, 0.3) is 0 Å². The van der Waals surface area contributed by atoms with Gasteiger partial charge in [0.15, 0.2) is 0 Å². The van der Waals surface area contributed by atoms with Crippen molar-refractivity contribution in [1.82, 2.24) is 9.97 Å². The Balaban J connectivity index is 2.24. The van der Waals surface area contributed by atoms with Crippen molar-refractivity contribution < 1.29 is 0 Å². The number of aromatic nitrogens is 2. The molecule has 2 rings (SSSR count). The summed E-state index contributed by atoms with van der Waals surface area (Å²) in [5.41, 5.74) is 3.48. The fraction of sp³-hybridized carbons (Fsp3) is 0. The Hall–Kier alpha value is -1.41. The van der Waals surface area contributed by atoms with Crippen molar-refractivity contribution >= 4 is 39.9 Å². The van der Waals surface area contributed by atoms with Crippen molar-refractivity contribution in [3.8, 4) is 0 Å². The van der Waals surface area contributed by atoms with Crippen molar-refractivity contribution in [2.75, 3.05) is 10.7 Å². The molecule has 0 atom stereocenters. The first kappa shape index (κ1) is 11.1. The molecule has 0 aliphatic rings. The molecule has 0 spiro atoms. The van der Waals surface area contributed by atoms with Gasteiger partial charge in [-0.05, 0) is 34.7 Å². The zero-order chi connectivity index (χ0) is 11.4. The molecule has 1 aromatic carbocycles. The molecule has 0 radical (unpaired) electrons. The number of hydrogen-bond donors (Lipinski definition) is 3. The van der Waals surface area contributed by atoms with Gasteiger partial charge in [0.05, 0.1) is 5.69 Å². The van der Waals surface area contributed by atoms with Crippen LogP contribution in [-0.2, 0) is 0 Å². The zero-order valence-electron chi connectivity index (χ0n) is 8.31. The number of nitrogens with one attached hydrogen (secondary N) is 2. The largest absolute Gasteiger partial charge is 0.339 e. The molecule has 0 saturated carbocycles. The van der Waals surface area contributed by atoms with Crippen LogP contribution in [0.3, 0.4) is 0 Å². The predicted octanol–water partition coefficient (Wildman–Crippen LogP) is 2.11. The monoisotopic (exact) mass is 327 g/mol. The first-order valence-corrected chi connectivity index (χ1v) is 5.67. The summed E-state index contributed by atoms with van der Waals surface area (Å²) in [4.78, 5) is 8.04. The van der Waals surface area contributed by atoms with Gasteiger partial charge >= 0.3 is 0 Å². The van der Waals surface area contributed by atoms with Crippen molar-refractivity contribution in [2.24, 2.45) is 5.84 Å². The van der Waals surface area contributed by atoms with E-state index < -0.39 is 0 Å². The third-order valence-corrected chi connectivity index (χ3v) is 2.89. The van der Waals surface area contributed by atoms with Crippen LogP contribution in [-0.4, -0.2) is 9.97 Å². The topological polar surface area (TPSA) is 75.9 Å². The number of rotatable bonds is 3. The van der Waals surface area contributed by atoms with Gasteiger partial charge in [-0.2, -0.15) is 0 Å². The molecule has 4 N–H and O–H groups in total. The number of hydrogen-bond acceptors (Lipinski definition) is 5. The maximum absolute atomic E-state index is 5.27. The van der Waals surface area contributed by atoms with Crippen LogP contribution in [0.4, 0.5) is 17.3 Å². The van der Waals surface area contributed by atoms with E-state index in [1.165, 1.54) is 6.33 Å². The van der Waals surface area contributed by atoms with Gasteiger partial charge in [-0.25, -0.2) is 15.8 Å². The van der Waals surface area contributed by atoms with Gasteiger partial charge in [-0.15, -0.1) is 0 Å². The van der Waals surface area contributed by atoms with E-state index >= 15 is 0 Å². The Morgan fingerprint density at radius 2 is 1.88 bits per heavy atom. The Morgan fingerprint density at radius 3 is 2.62 bits per heavy atom. The van der Waals surface area contributed by atoms with E-state index in [0.29, 0.717) is 11.6 Å². The average molecular weight is 327 g/mol. The molecule has 0 saturated heterocycles. The van der Waals surface area contributed by atoms with E-state index in [9.17, 15) is 0 Å². The second-order valence-electron chi connectivity index (χ2n) is 3.04.